The van der Waals surface area contributed by atoms with Crippen molar-refractivity contribution in [1.82, 2.24) is 5.32 Å². The highest BCUT2D eigenvalue weighted by molar-refractivity contribution is 5.82. The monoisotopic (exact) mass is 145 g/mol. The van der Waals surface area contributed by atoms with Gasteiger partial charge in [0.2, 0.25) is 0 Å². The van der Waals surface area contributed by atoms with Crippen molar-refractivity contribution in [3.05, 3.63) is 0 Å². The van der Waals surface area contributed by atoms with Gasteiger partial charge in [-0.25, -0.2) is 0 Å². The Kier molecular flexibility index (Phi) is 2.03. The van der Waals surface area contributed by atoms with Crippen LogP contribution in [0.15, 0.2) is 0 Å². The molecule has 4 nitrogen and oxygen atoms in total. The van der Waals surface area contributed by atoms with E-state index in [1.54, 1.807) is 0 Å². The van der Waals surface area contributed by atoms with Gasteiger partial charge >= 0.3 is 0 Å². The van der Waals surface area contributed by atoms with E-state index >= 15 is 0 Å². The van der Waals surface area contributed by atoms with Gasteiger partial charge in [-0.2, -0.15) is 0 Å². The van der Waals surface area contributed by atoms with Crippen LogP contribution < -0.4 is 5.32 Å². The Morgan fingerprint density at radius 3 is 2.40 bits per heavy atom. The van der Waals surface area contributed by atoms with E-state index in [1.807, 2.05) is 0 Å². The molecule has 10 heavy (non-hydrogen) atoms. The zero-order chi connectivity index (χ0) is 7.72. The number of hydrogen-bond donors (Lipinski definition) is 3. The minimum Gasteiger partial charge on any atom is -0.389 e. The van der Waals surface area contributed by atoms with Crippen molar-refractivity contribution < 1.29 is 15.0 Å². The lowest BCUT2D eigenvalue weighted by atomic mass is 10.1. The number of aliphatic hydroxyl groups is 2. The third-order valence-electron chi connectivity index (χ3n) is 1.72. The molecule has 3 N–H and O–H groups in total. The first kappa shape index (κ1) is 7.65. The predicted molar refractivity (Wildman–Crippen MR) is 34.5 cm³/mol. The summed E-state index contributed by atoms with van der Waals surface area (Å²) in [6.07, 6.45) is -1.73. The zero-order valence-corrected chi connectivity index (χ0v) is 5.74. The van der Waals surface area contributed by atoms with Gasteiger partial charge in [-0.05, 0) is 6.92 Å². The van der Waals surface area contributed by atoms with Crippen LogP contribution in [-0.2, 0) is 4.79 Å². The smallest absolute Gasteiger partial charge is 0.149 e. The van der Waals surface area contributed by atoms with Crippen molar-refractivity contribution in [1.29, 1.82) is 0 Å². The summed E-state index contributed by atoms with van der Waals surface area (Å²) in [5.74, 6) is -0.135. The lowest BCUT2D eigenvalue weighted by molar-refractivity contribution is -0.121. The average molecular weight is 145 g/mol. The first-order chi connectivity index (χ1) is 4.63. The van der Waals surface area contributed by atoms with Gasteiger partial charge < -0.3 is 15.5 Å². The standard InChI is InChI=1S/C6H11NO3/c1-3(8)5-6(10)4(9)2-7-5/h4-7,9-10H,2H2,1H3/t4-,5+,6+/m1/s1. The quantitative estimate of drug-likeness (QED) is 0.410. The Morgan fingerprint density at radius 2 is 2.20 bits per heavy atom. The maximum atomic E-state index is 10.7. The van der Waals surface area contributed by atoms with Crippen molar-refractivity contribution in [2.45, 2.75) is 25.2 Å². The number of ketones is 1. The third kappa shape index (κ3) is 1.18. The van der Waals surface area contributed by atoms with Gasteiger partial charge in [-0.15, -0.1) is 0 Å². The molecule has 0 aromatic rings. The number of carbonyl (C=O) groups excluding carboxylic acids is 1. The molecule has 1 heterocycles. The fraction of sp³-hybridized carbons (Fsp3) is 0.833. The van der Waals surface area contributed by atoms with E-state index in [1.165, 1.54) is 6.92 Å². The maximum Gasteiger partial charge on any atom is 0.149 e. The molecule has 1 rings (SSSR count). The number of aliphatic hydroxyl groups excluding tert-OH is 2. The van der Waals surface area contributed by atoms with Crippen molar-refractivity contribution >= 4 is 5.78 Å². The van der Waals surface area contributed by atoms with Crippen LogP contribution in [0, 0.1) is 0 Å². The molecule has 0 bridgehead atoms. The first-order valence-electron chi connectivity index (χ1n) is 3.23. The van der Waals surface area contributed by atoms with Crippen LogP contribution in [0.4, 0.5) is 0 Å². The van der Waals surface area contributed by atoms with Crippen molar-refractivity contribution in [3.63, 3.8) is 0 Å². The summed E-state index contributed by atoms with van der Waals surface area (Å²) in [5.41, 5.74) is 0. The molecule has 1 aliphatic rings. The summed E-state index contributed by atoms with van der Waals surface area (Å²) in [6, 6.07) is -0.574. The highest BCUT2D eigenvalue weighted by atomic mass is 16.3. The number of carbonyl (C=O) groups is 1. The number of rotatable bonds is 1. The Labute approximate surface area is 58.9 Å². The van der Waals surface area contributed by atoms with Crippen LogP contribution in [0.2, 0.25) is 0 Å². The Morgan fingerprint density at radius 1 is 1.60 bits per heavy atom. The van der Waals surface area contributed by atoms with Gasteiger partial charge in [-0.3, -0.25) is 4.79 Å². The predicted octanol–water partition coefficient (Wildman–Crippen LogP) is -1.73. The molecule has 4 heteroatoms. The SMILES string of the molecule is CC(=O)[C@@H]1NC[C@@H](O)[C@@H]1O. The van der Waals surface area contributed by atoms with Crippen LogP contribution in [-0.4, -0.2) is 40.8 Å². The highest BCUT2D eigenvalue weighted by Crippen LogP contribution is 2.07. The second-order valence-electron chi connectivity index (χ2n) is 2.55. The van der Waals surface area contributed by atoms with Gasteiger partial charge in [0.05, 0.1) is 12.1 Å². The maximum absolute atomic E-state index is 10.7. The summed E-state index contributed by atoms with van der Waals surface area (Å²) in [7, 11) is 0. The number of β-amino-alcohol motifs (C(OH)–C–C–N with tert-alkyl or cyclic N) is 1. The molecular formula is C6H11NO3. The first-order valence-corrected chi connectivity index (χ1v) is 3.23. The molecule has 3 atom stereocenters. The van der Waals surface area contributed by atoms with E-state index in [0.717, 1.165) is 0 Å². The van der Waals surface area contributed by atoms with Gasteiger partial charge in [-0.1, -0.05) is 0 Å². The summed E-state index contributed by atoms with van der Waals surface area (Å²) < 4.78 is 0. The third-order valence-corrected chi connectivity index (χ3v) is 1.72. The van der Waals surface area contributed by atoms with Gasteiger partial charge in [0.1, 0.15) is 11.9 Å². The fourth-order valence-corrected chi connectivity index (χ4v) is 1.10. The van der Waals surface area contributed by atoms with Crippen LogP contribution in [0.25, 0.3) is 0 Å². The fourth-order valence-electron chi connectivity index (χ4n) is 1.10. The Bertz CT molecular complexity index is 148. The lowest BCUT2D eigenvalue weighted by Crippen LogP contribution is -2.38. The molecule has 0 spiro atoms. The molecule has 58 valence electrons. The topological polar surface area (TPSA) is 69.6 Å². The van der Waals surface area contributed by atoms with E-state index in [-0.39, 0.29) is 5.78 Å². The van der Waals surface area contributed by atoms with E-state index in [4.69, 9.17) is 10.2 Å². The second-order valence-corrected chi connectivity index (χ2v) is 2.55. The van der Waals surface area contributed by atoms with E-state index in [0.29, 0.717) is 6.54 Å². The van der Waals surface area contributed by atoms with Gasteiger partial charge in [0, 0.05) is 6.54 Å². The molecule has 0 saturated carbocycles. The van der Waals surface area contributed by atoms with Crippen LogP contribution in [0.3, 0.4) is 0 Å². The number of Topliss-reactive ketones (excluding diaryl/α,β-unsaturated/α-hetero) is 1. The van der Waals surface area contributed by atoms with Crippen molar-refractivity contribution in [3.8, 4) is 0 Å². The molecular weight excluding hydrogens is 134 g/mol. The zero-order valence-electron chi connectivity index (χ0n) is 5.74. The minimum atomic E-state index is -0.933. The molecule has 0 aromatic carbocycles. The summed E-state index contributed by atoms with van der Waals surface area (Å²) in [6.45, 7) is 1.68. The Hall–Kier alpha value is -0.450. The van der Waals surface area contributed by atoms with E-state index in [2.05, 4.69) is 5.32 Å². The molecule has 0 radical (unpaired) electrons. The molecule has 1 saturated heterocycles. The lowest BCUT2D eigenvalue weighted by Gasteiger charge is -2.11. The number of hydrogen-bond acceptors (Lipinski definition) is 4. The van der Waals surface area contributed by atoms with Gasteiger partial charge in [0.25, 0.3) is 0 Å². The second kappa shape index (κ2) is 2.65. The van der Waals surface area contributed by atoms with Crippen LogP contribution >= 0.6 is 0 Å². The summed E-state index contributed by atoms with van der Waals surface area (Å²) >= 11 is 0. The Balaban J connectivity index is 2.57. The summed E-state index contributed by atoms with van der Waals surface area (Å²) in [4.78, 5) is 10.7. The normalized spacial score (nSPS) is 40.1. The molecule has 0 amide bonds. The van der Waals surface area contributed by atoms with Crippen LogP contribution in [0.1, 0.15) is 6.92 Å². The van der Waals surface area contributed by atoms with E-state index < -0.39 is 18.2 Å². The highest BCUT2D eigenvalue weighted by Gasteiger charge is 2.35. The molecule has 1 fully saturated rings. The molecule has 0 aromatic heterocycles. The van der Waals surface area contributed by atoms with Crippen molar-refractivity contribution in [2.24, 2.45) is 0 Å². The molecule has 0 aliphatic carbocycles. The summed E-state index contributed by atoms with van der Waals surface area (Å²) in [5, 5.41) is 20.8. The number of nitrogens with one attached hydrogen (secondary N) is 1. The largest absolute Gasteiger partial charge is 0.389 e. The van der Waals surface area contributed by atoms with Crippen LogP contribution in [0.5, 0.6) is 0 Å². The van der Waals surface area contributed by atoms with Crippen molar-refractivity contribution in [2.75, 3.05) is 6.54 Å². The van der Waals surface area contributed by atoms with Gasteiger partial charge in [0.15, 0.2) is 0 Å². The molecule has 1 aliphatic heterocycles. The van der Waals surface area contributed by atoms with E-state index in [9.17, 15) is 4.79 Å². The average Bonchev–Trinajstić information content (AvgIpc) is 2.14. The minimum absolute atomic E-state index is 0.135. The molecule has 0 unspecified atom stereocenters.